The summed E-state index contributed by atoms with van der Waals surface area (Å²) in [5.74, 6) is 0. The summed E-state index contributed by atoms with van der Waals surface area (Å²) in [6.45, 7) is 0. The third-order valence-electron chi connectivity index (χ3n) is 1.48. The smallest absolute Gasteiger partial charge is 0.212 e. The van der Waals surface area contributed by atoms with E-state index in [1.165, 1.54) is 12.1 Å². The second-order valence-electron chi connectivity index (χ2n) is 2.50. The van der Waals surface area contributed by atoms with Crippen LogP contribution in [-0.2, 0) is 9.84 Å². The predicted octanol–water partition coefficient (Wildman–Crippen LogP) is 4.18. The topological polar surface area (TPSA) is 34.1 Å². The Morgan fingerprint density at radius 1 is 1.00 bits per heavy atom. The number of rotatable bonds is 2. The average Bonchev–Trinajstić information content (AvgIpc) is 2.00. The molecule has 0 bridgehead atoms. The van der Waals surface area contributed by atoms with Crippen molar-refractivity contribution < 1.29 is 8.42 Å². The van der Waals surface area contributed by atoms with E-state index in [-0.39, 0.29) is 20.0 Å². The average molecular weight is 328 g/mol. The molecule has 0 aliphatic carbocycles. The zero-order valence-electron chi connectivity index (χ0n) is 6.85. The Labute approximate surface area is 112 Å². The summed E-state index contributed by atoms with van der Waals surface area (Å²) in [6.07, 6.45) is 0. The molecule has 2 nitrogen and oxygen atoms in total. The zero-order valence-corrected chi connectivity index (χ0v) is 11.4. The molecule has 0 atom stereocenters. The van der Waals surface area contributed by atoms with Gasteiger partial charge in [0.2, 0.25) is 14.0 Å². The van der Waals surface area contributed by atoms with E-state index in [9.17, 15) is 8.42 Å². The molecule has 1 aromatic carbocycles. The van der Waals surface area contributed by atoms with Crippen LogP contribution in [0, 0.1) is 0 Å². The largest absolute Gasteiger partial charge is 0.221 e. The van der Waals surface area contributed by atoms with Crippen LogP contribution in [0.2, 0.25) is 15.1 Å². The number of alkyl halides is 2. The molecule has 0 radical (unpaired) electrons. The molecule has 15 heavy (non-hydrogen) atoms. The summed E-state index contributed by atoms with van der Waals surface area (Å²) in [7, 11) is -3.95. The molecule has 0 N–H and O–H groups in total. The predicted molar refractivity (Wildman–Crippen MR) is 64.2 cm³/mol. The Morgan fingerprint density at radius 2 is 1.40 bits per heavy atom. The summed E-state index contributed by atoms with van der Waals surface area (Å²) < 4.78 is 21.6. The van der Waals surface area contributed by atoms with E-state index in [1.54, 1.807) is 0 Å². The molecule has 0 spiro atoms. The highest BCUT2D eigenvalue weighted by atomic mass is 35.5. The van der Waals surface area contributed by atoms with Gasteiger partial charge in [0.15, 0.2) is 0 Å². The Hall–Kier alpha value is 0.620. The third-order valence-corrected chi connectivity index (χ3v) is 5.41. The van der Waals surface area contributed by atoms with E-state index in [0.29, 0.717) is 0 Å². The molecule has 0 heterocycles. The minimum absolute atomic E-state index is 0.112. The maximum absolute atomic E-state index is 11.6. The first kappa shape index (κ1) is 13.7. The summed E-state index contributed by atoms with van der Waals surface area (Å²) in [5.41, 5.74) is 0. The maximum atomic E-state index is 11.6. The molecule has 8 heteroatoms. The lowest BCUT2D eigenvalue weighted by molar-refractivity contribution is 0.599. The van der Waals surface area contributed by atoms with Crippen molar-refractivity contribution in [2.45, 2.75) is 9.06 Å². The van der Waals surface area contributed by atoms with E-state index in [2.05, 4.69) is 0 Å². The van der Waals surface area contributed by atoms with Gasteiger partial charge in [-0.1, -0.05) is 58.0 Å². The molecule has 0 saturated heterocycles. The molecule has 0 aromatic heterocycles. The molecule has 0 aliphatic rings. The Balaban J connectivity index is 3.52. The van der Waals surface area contributed by atoms with E-state index < -0.39 is 14.0 Å². The van der Waals surface area contributed by atoms with Crippen LogP contribution in [0.15, 0.2) is 17.0 Å². The van der Waals surface area contributed by atoms with Crippen molar-refractivity contribution in [3.8, 4) is 0 Å². The molecule has 1 rings (SSSR count). The molecule has 84 valence electrons. The van der Waals surface area contributed by atoms with Crippen LogP contribution >= 0.6 is 58.0 Å². The van der Waals surface area contributed by atoms with Crippen LogP contribution in [0.4, 0.5) is 0 Å². The Kier molecular flexibility index (Phi) is 4.43. The number of halogens is 5. The lowest BCUT2D eigenvalue weighted by atomic mass is 10.4. The molecular formula is C7H3Cl5O2S. The Morgan fingerprint density at radius 3 is 1.73 bits per heavy atom. The summed E-state index contributed by atoms with van der Waals surface area (Å²) in [6, 6.07) is 2.50. The second-order valence-corrected chi connectivity index (χ2v) is 7.34. The van der Waals surface area contributed by atoms with Crippen molar-refractivity contribution in [1.29, 1.82) is 0 Å². The quantitative estimate of drug-likeness (QED) is 0.763. The highest BCUT2D eigenvalue weighted by Gasteiger charge is 2.28. The van der Waals surface area contributed by atoms with Crippen LogP contribution in [0.25, 0.3) is 0 Å². The van der Waals surface area contributed by atoms with Gasteiger partial charge in [-0.05, 0) is 12.1 Å². The van der Waals surface area contributed by atoms with Crippen molar-refractivity contribution in [2.24, 2.45) is 0 Å². The molecule has 0 amide bonds. The second kappa shape index (κ2) is 4.86. The molecule has 0 unspecified atom stereocenters. The van der Waals surface area contributed by atoms with Gasteiger partial charge in [-0.3, -0.25) is 0 Å². The molecule has 0 saturated carbocycles. The van der Waals surface area contributed by atoms with Crippen LogP contribution in [-0.4, -0.2) is 12.6 Å². The van der Waals surface area contributed by atoms with Gasteiger partial charge in [-0.15, -0.1) is 0 Å². The fourth-order valence-electron chi connectivity index (χ4n) is 0.890. The van der Waals surface area contributed by atoms with Crippen molar-refractivity contribution >= 4 is 67.8 Å². The highest BCUT2D eigenvalue weighted by molar-refractivity contribution is 7.94. The summed E-state index contributed by atoms with van der Waals surface area (Å²) >= 11 is 27.6. The number of benzene rings is 1. The summed E-state index contributed by atoms with van der Waals surface area (Å²) in [5, 5.41) is 0.00208. The maximum Gasteiger partial charge on any atom is 0.212 e. The van der Waals surface area contributed by atoms with Crippen LogP contribution in [0.5, 0.6) is 0 Å². The van der Waals surface area contributed by atoms with Gasteiger partial charge in [0, 0.05) is 5.02 Å². The van der Waals surface area contributed by atoms with E-state index in [4.69, 9.17) is 58.0 Å². The Bertz CT molecular complexity index is 459. The van der Waals surface area contributed by atoms with Gasteiger partial charge in [0.25, 0.3) is 0 Å². The molecule has 1 aromatic rings. The van der Waals surface area contributed by atoms with Gasteiger partial charge in [-0.2, -0.15) is 0 Å². The van der Waals surface area contributed by atoms with E-state index in [0.717, 1.165) is 0 Å². The van der Waals surface area contributed by atoms with Gasteiger partial charge in [-0.25, -0.2) is 8.42 Å². The van der Waals surface area contributed by atoms with Crippen LogP contribution < -0.4 is 0 Å². The highest BCUT2D eigenvalue weighted by Crippen LogP contribution is 2.36. The number of hydrogen-bond donors (Lipinski definition) is 0. The summed E-state index contributed by atoms with van der Waals surface area (Å²) in [4.78, 5) is -0.315. The van der Waals surface area contributed by atoms with Gasteiger partial charge < -0.3 is 0 Å². The standard InChI is InChI=1S/C7H3Cl5O2S/c8-3-1-4(9)6(5(10)2-3)15(13,14)7(11)12/h1-2,7H. The van der Waals surface area contributed by atoms with Gasteiger partial charge >= 0.3 is 0 Å². The molecule has 0 fully saturated rings. The SMILES string of the molecule is O=S(=O)(c1c(Cl)cc(Cl)cc1Cl)C(Cl)Cl. The monoisotopic (exact) mass is 326 g/mol. The minimum Gasteiger partial charge on any atom is -0.221 e. The van der Waals surface area contributed by atoms with E-state index in [1.807, 2.05) is 0 Å². The van der Waals surface area contributed by atoms with Gasteiger partial charge in [0.1, 0.15) is 4.90 Å². The first-order valence-electron chi connectivity index (χ1n) is 3.43. The number of sulfone groups is 1. The lowest BCUT2D eigenvalue weighted by Crippen LogP contribution is -2.10. The normalized spacial score (nSPS) is 12.1. The minimum atomic E-state index is -3.95. The zero-order chi connectivity index (χ0) is 11.8. The first-order chi connectivity index (χ1) is 6.76. The van der Waals surface area contributed by atoms with Crippen molar-refractivity contribution in [3.05, 3.63) is 27.2 Å². The van der Waals surface area contributed by atoms with Crippen molar-refractivity contribution in [3.63, 3.8) is 0 Å². The van der Waals surface area contributed by atoms with Crippen molar-refractivity contribution in [1.82, 2.24) is 0 Å². The number of hydrogen-bond acceptors (Lipinski definition) is 2. The van der Waals surface area contributed by atoms with Crippen molar-refractivity contribution in [2.75, 3.05) is 0 Å². The van der Waals surface area contributed by atoms with E-state index >= 15 is 0 Å². The first-order valence-corrected chi connectivity index (χ1v) is 6.98. The lowest BCUT2D eigenvalue weighted by Gasteiger charge is -2.09. The van der Waals surface area contributed by atoms with Crippen LogP contribution in [0.3, 0.4) is 0 Å². The fourth-order valence-corrected chi connectivity index (χ4v) is 3.73. The molecule has 0 aliphatic heterocycles. The van der Waals surface area contributed by atoms with Crippen LogP contribution in [0.1, 0.15) is 0 Å². The van der Waals surface area contributed by atoms with Gasteiger partial charge in [0.05, 0.1) is 10.0 Å². The fraction of sp³-hybridized carbons (Fsp3) is 0.143. The third kappa shape index (κ3) is 2.84. The molecular weight excluding hydrogens is 325 g/mol.